The number of nitrogens with zero attached hydrogens (tertiary/aromatic N) is 2. The lowest BCUT2D eigenvalue weighted by atomic mass is 10.0. The number of ether oxygens (including phenoxy) is 2. The van der Waals surface area contributed by atoms with Crippen molar-refractivity contribution in [3.63, 3.8) is 0 Å². The fourth-order valence-corrected chi connectivity index (χ4v) is 5.13. The zero-order valence-electron chi connectivity index (χ0n) is 22.5. The van der Waals surface area contributed by atoms with Crippen molar-refractivity contribution >= 4 is 11.9 Å². The summed E-state index contributed by atoms with van der Waals surface area (Å²) < 4.78 is 11.3. The maximum atomic E-state index is 13.6. The first-order chi connectivity index (χ1) is 19.1. The first-order valence-corrected chi connectivity index (χ1v) is 13.8. The quantitative estimate of drug-likeness (QED) is 0.341. The maximum Gasteiger partial charge on any atom is 0.325 e. The second-order valence-electron chi connectivity index (χ2n) is 9.96. The molecule has 4 rings (SSSR count). The van der Waals surface area contributed by atoms with Crippen LogP contribution in [-0.4, -0.2) is 110 Å². The number of aliphatic hydroxyl groups is 1. The Hall–Kier alpha value is -2.86. The van der Waals surface area contributed by atoms with Crippen molar-refractivity contribution in [3.8, 4) is 0 Å². The van der Waals surface area contributed by atoms with Crippen molar-refractivity contribution in [3.05, 3.63) is 71.8 Å². The first kappa shape index (κ1) is 29.1. The largest absolute Gasteiger partial charge is 0.460 e. The van der Waals surface area contributed by atoms with Gasteiger partial charge in [-0.1, -0.05) is 60.7 Å². The number of nitrogens with one attached hydrogen (secondary N) is 3. The van der Waals surface area contributed by atoms with E-state index in [9.17, 15) is 14.7 Å². The summed E-state index contributed by atoms with van der Waals surface area (Å²) in [5.41, 5.74) is 1.77. The molecule has 10 nitrogen and oxygen atoms in total. The van der Waals surface area contributed by atoms with Crippen LogP contribution in [0.25, 0.3) is 0 Å². The normalized spacial score (nSPS) is 23.9. The maximum absolute atomic E-state index is 13.6. The molecule has 2 heterocycles. The Morgan fingerprint density at radius 1 is 0.769 bits per heavy atom. The van der Waals surface area contributed by atoms with Gasteiger partial charge >= 0.3 is 11.9 Å². The summed E-state index contributed by atoms with van der Waals surface area (Å²) in [5.74, 6) is -0.899. The Balaban J connectivity index is 1.47. The minimum absolute atomic E-state index is 0.110. The lowest BCUT2D eigenvalue weighted by Gasteiger charge is -2.35. The molecule has 3 atom stereocenters. The Bertz CT molecular complexity index is 1000. The van der Waals surface area contributed by atoms with Gasteiger partial charge in [0, 0.05) is 58.9 Å². The number of rotatable bonds is 8. The third-order valence-corrected chi connectivity index (χ3v) is 7.10. The molecule has 212 valence electrons. The smallest absolute Gasteiger partial charge is 0.325 e. The van der Waals surface area contributed by atoms with Gasteiger partial charge in [0.25, 0.3) is 0 Å². The van der Waals surface area contributed by atoms with Crippen LogP contribution in [0.5, 0.6) is 0 Å². The molecule has 2 aliphatic heterocycles. The lowest BCUT2D eigenvalue weighted by Crippen LogP contribution is -2.56. The van der Waals surface area contributed by atoms with Gasteiger partial charge in [-0.25, -0.2) is 0 Å². The van der Waals surface area contributed by atoms with Crippen molar-refractivity contribution in [2.75, 3.05) is 65.4 Å². The lowest BCUT2D eigenvalue weighted by molar-refractivity contribution is -0.155. The fourth-order valence-electron chi connectivity index (χ4n) is 5.13. The summed E-state index contributed by atoms with van der Waals surface area (Å²) in [7, 11) is 0. The van der Waals surface area contributed by atoms with Crippen LogP contribution in [0.3, 0.4) is 0 Å². The standard InChI is InChI=1S/C29H41N5O5/c35-25-19-34(20-26(36)38-21-23-7-3-1-4-8-23)28(29(37)39-22-24-9-5-2-6-10-24)27(25)33-17-15-31-13-11-30-12-14-32-16-18-33/h1-10,25,27-28,30-32,35H,11-22H2/t25-,27+,28-/m0/s1. The Morgan fingerprint density at radius 3 is 1.85 bits per heavy atom. The van der Waals surface area contributed by atoms with Gasteiger partial charge in [0.05, 0.1) is 18.7 Å². The van der Waals surface area contributed by atoms with Crippen molar-refractivity contribution in [2.24, 2.45) is 0 Å². The zero-order valence-corrected chi connectivity index (χ0v) is 22.5. The number of carbonyl (C=O) groups is 2. The SMILES string of the molecule is O=C(CN1C[C@H](O)[C@@H](N2CCNCCNCCNCC2)[C@H]1C(=O)OCc1ccccc1)OCc1ccccc1. The van der Waals surface area contributed by atoms with E-state index in [-0.39, 0.29) is 26.3 Å². The molecule has 0 spiro atoms. The van der Waals surface area contributed by atoms with Gasteiger partial charge in [0.2, 0.25) is 0 Å². The Labute approximate surface area is 230 Å². The van der Waals surface area contributed by atoms with Crippen LogP contribution in [0.1, 0.15) is 11.1 Å². The number of hydrogen-bond acceptors (Lipinski definition) is 10. The molecule has 2 aromatic rings. The van der Waals surface area contributed by atoms with Crippen LogP contribution in [0.2, 0.25) is 0 Å². The van der Waals surface area contributed by atoms with E-state index in [1.807, 2.05) is 60.7 Å². The van der Waals surface area contributed by atoms with E-state index in [1.54, 1.807) is 4.90 Å². The van der Waals surface area contributed by atoms with Gasteiger partial charge in [0.1, 0.15) is 19.3 Å². The number of β-amino-alcohol motifs (C(OH)–C–C–N with tert-alkyl or cyclic N) is 1. The molecule has 0 radical (unpaired) electrons. The molecule has 39 heavy (non-hydrogen) atoms. The van der Waals surface area contributed by atoms with Crippen molar-refractivity contribution in [1.82, 2.24) is 25.8 Å². The molecule has 10 heteroatoms. The number of aliphatic hydroxyl groups excluding tert-OH is 1. The fraction of sp³-hybridized carbons (Fsp3) is 0.517. The minimum atomic E-state index is -0.823. The van der Waals surface area contributed by atoms with Crippen LogP contribution in [0.15, 0.2) is 60.7 Å². The summed E-state index contributed by atoms with van der Waals surface area (Å²) in [5, 5.41) is 21.5. The van der Waals surface area contributed by atoms with Crippen LogP contribution < -0.4 is 16.0 Å². The summed E-state index contributed by atoms with van der Waals surface area (Å²) in [6.45, 7) is 6.51. The molecule has 2 fully saturated rings. The van der Waals surface area contributed by atoms with Gasteiger partial charge in [-0.05, 0) is 11.1 Å². The molecule has 0 saturated carbocycles. The number of hydrogen-bond donors (Lipinski definition) is 4. The number of esters is 2. The predicted octanol–water partition coefficient (Wildman–Crippen LogP) is -0.0287. The van der Waals surface area contributed by atoms with Gasteiger partial charge in [-0.15, -0.1) is 0 Å². The molecule has 2 saturated heterocycles. The van der Waals surface area contributed by atoms with Gasteiger partial charge in [0.15, 0.2) is 0 Å². The molecule has 2 aliphatic rings. The van der Waals surface area contributed by atoms with Crippen LogP contribution in [0, 0.1) is 0 Å². The third-order valence-electron chi connectivity index (χ3n) is 7.10. The highest BCUT2D eigenvalue weighted by Crippen LogP contribution is 2.25. The van der Waals surface area contributed by atoms with Gasteiger partial charge < -0.3 is 30.5 Å². The average Bonchev–Trinajstić information content (AvgIpc) is 3.27. The van der Waals surface area contributed by atoms with E-state index in [2.05, 4.69) is 20.9 Å². The van der Waals surface area contributed by atoms with Crippen LogP contribution in [-0.2, 0) is 32.3 Å². The molecule has 0 amide bonds. The summed E-state index contributed by atoms with van der Waals surface area (Å²) in [4.78, 5) is 30.2. The first-order valence-electron chi connectivity index (χ1n) is 13.8. The molecule has 0 aliphatic carbocycles. The molecule has 2 aromatic carbocycles. The zero-order chi connectivity index (χ0) is 27.3. The molecule has 0 aromatic heterocycles. The molecule has 0 unspecified atom stereocenters. The van der Waals surface area contributed by atoms with Gasteiger partial charge in [-0.2, -0.15) is 0 Å². The summed E-state index contributed by atoms with van der Waals surface area (Å²) >= 11 is 0. The predicted molar refractivity (Wildman–Crippen MR) is 148 cm³/mol. The van der Waals surface area contributed by atoms with E-state index in [1.165, 1.54) is 0 Å². The minimum Gasteiger partial charge on any atom is -0.460 e. The Kier molecular flexibility index (Phi) is 11.7. The number of benzene rings is 2. The van der Waals surface area contributed by atoms with Crippen molar-refractivity contribution in [2.45, 2.75) is 31.4 Å². The molecule has 4 N–H and O–H groups in total. The van der Waals surface area contributed by atoms with Crippen molar-refractivity contribution in [1.29, 1.82) is 0 Å². The van der Waals surface area contributed by atoms with E-state index < -0.39 is 30.1 Å². The van der Waals surface area contributed by atoms with E-state index in [0.717, 1.165) is 50.4 Å². The second-order valence-corrected chi connectivity index (χ2v) is 9.96. The highest BCUT2D eigenvalue weighted by atomic mass is 16.5. The summed E-state index contributed by atoms with van der Waals surface area (Å²) in [6, 6.07) is 17.6. The van der Waals surface area contributed by atoms with E-state index in [4.69, 9.17) is 9.47 Å². The topological polar surface area (TPSA) is 115 Å². The number of carbonyl (C=O) groups excluding carboxylic acids is 2. The monoisotopic (exact) mass is 539 g/mol. The highest BCUT2D eigenvalue weighted by Gasteiger charge is 2.49. The highest BCUT2D eigenvalue weighted by molar-refractivity contribution is 5.79. The van der Waals surface area contributed by atoms with Gasteiger partial charge in [-0.3, -0.25) is 19.4 Å². The van der Waals surface area contributed by atoms with Crippen LogP contribution in [0.4, 0.5) is 0 Å². The van der Waals surface area contributed by atoms with E-state index >= 15 is 0 Å². The number of likely N-dealkylation sites (tertiary alicyclic amines) is 1. The third kappa shape index (κ3) is 9.10. The molecule has 0 bridgehead atoms. The van der Waals surface area contributed by atoms with E-state index in [0.29, 0.717) is 13.1 Å². The van der Waals surface area contributed by atoms with Crippen molar-refractivity contribution < 1.29 is 24.2 Å². The molecular formula is C29H41N5O5. The van der Waals surface area contributed by atoms with Crippen LogP contribution >= 0.6 is 0 Å². The second kappa shape index (κ2) is 15.7. The molecular weight excluding hydrogens is 498 g/mol. The Morgan fingerprint density at radius 2 is 1.28 bits per heavy atom. The summed E-state index contributed by atoms with van der Waals surface area (Å²) in [6.07, 6.45) is -0.823. The average molecular weight is 540 g/mol.